The fraction of sp³-hybridized carbons (Fsp3) is 0.0385. The van der Waals surface area contributed by atoms with E-state index in [-0.39, 0.29) is 0 Å². The van der Waals surface area contributed by atoms with Crippen LogP contribution in [0.4, 0.5) is 5.82 Å². The standard InChI is InChI=1S/C26H18N6/c27-15-18-5-3-6-19(13-18)20-9-10-24-23(14-20)26(30-17-22-8-1-2-12-29-22)32-25(31-24)21-7-4-11-28-16-21/h1-14,16H,17H2,(H,30,31,32). The number of benzene rings is 2. The fourth-order valence-corrected chi connectivity index (χ4v) is 3.51. The smallest absolute Gasteiger partial charge is 0.163 e. The lowest BCUT2D eigenvalue weighted by Gasteiger charge is -2.12. The molecule has 5 aromatic rings. The third-order valence-corrected chi connectivity index (χ3v) is 5.10. The van der Waals surface area contributed by atoms with Gasteiger partial charge in [0.2, 0.25) is 0 Å². The van der Waals surface area contributed by atoms with Crippen LogP contribution < -0.4 is 5.32 Å². The number of nitriles is 1. The maximum absolute atomic E-state index is 9.25. The minimum Gasteiger partial charge on any atom is -0.364 e. The Morgan fingerprint density at radius 1 is 0.812 bits per heavy atom. The first-order valence-corrected chi connectivity index (χ1v) is 10.2. The van der Waals surface area contributed by atoms with E-state index in [4.69, 9.17) is 9.97 Å². The molecule has 0 aliphatic carbocycles. The highest BCUT2D eigenvalue weighted by Crippen LogP contribution is 2.30. The Morgan fingerprint density at radius 3 is 2.53 bits per heavy atom. The van der Waals surface area contributed by atoms with Crippen LogP contribution in [0.3, 0.4) is 0 Å². The fourth-order valence-electron chi connectivity index (χ4n) is 3.51. The van der Waals surface area contributed by atoms with E-state index in [1.807, 2.05) is 60.7 Å². The summed E-state index contributed by atoms with van der Waals surface area (Å²) in [6, 6.07) is 25.5. The Balaban J connectivity index is 1.62. The summed E-state index contributed by atoms with van der Waals surface area (Å²) < 4.78 is 0. The first-order chi connectivity index (χ1) is 15.8. The van der Waals surface area contributed by atoms with Crippen LogP contribution in [0.2, 0.25) is 0 Å². The van der Waals surface area contributed by atoms with Crippen molar-refractivity contribution in [3.63, 3.8) is 0 Å². The summed E-state index contributed by atoms with van der Waals surface area (Å²) in [6.07, 6.45) is 5.26. The maximum atomic E-state index is 9.25. The van der Waals surface area contributed by atoms with Gasteiger partial charge in [0.25, 0.3) is 0 Å². The van der Waals surface area contributed by atoms with E-state index in [9.17, 15) is 5.26 Å². The molecule has 0 bridgehead atoms. The average molecular weight is 414 g/mol. The van der Waals surface area contributed by atoms with Crippen molar-refractivity contribution >= 4 is 16.7 Å². The molecule has 1 N–H and O–H groups in total. The first kappa shape index (κ1) is 19.3. The van der Waals surface area contributed by atoms with E-state index < -0.39 is 0 Å². The predicted octanol–water partition coefficient (Wildman–Crippen LogP) is 5.24. The molecule has 0 saturated heterocycles. The molecule has 6 nitrogen and oxygen atoms in total. The van der Waals surface area contributed by atoms with Crippen molar-refractivity contribution < 1.29 is 0 Å². The third-order valence-electron chi connectivity index (χ3n) is 5.10. The Hall–Kier alpha value is -4.63. The molecule has 0 atom stereocenters. The van der Waals surface area contributed by atoms with Gasteiger partial charge < -0.3 is 5.32 Å². The van der Waals surface area contributed by atoms with Crippen LogP contribution >= 0.6 is 0 Å². The molecular weight excluding hydrogens is 396 g/mol. The number of hydrogen-bond donors (Lipinski definition) is 1. The zero-order chi connectivity index (χ0) is 21.8. The topological polar surface area (TPSA) is 87.4 Å². The molecule has 0 saturated carbocycles. The van der Waals surface area contributed by atoms with Gasteiger partial charge in [-0.25, -0.2) is 9.97 Å². The van der Waals surface area contributed by atoms with Gasteiger partial charge in [-0.2, -0.15) is 5.26 Å². The summed E-state index contributed by atoms with van der Waals surface area (Å²) in [7, 11) is 0. The minimum atomic E-state index is 0.535. The Bertz CT molecular complexity index is 1430. The van der Waals surface area contributed by atoms with Crippen molar-refractivity contribution in [1.82, 2.24) is 19.9 Å². The number of nitrogens with one attached hydrogen (secondary N) is 1. The summed E-state index contributed by atoms with van der Waals surface area (Å²) >= 11 is 0. The number of pyridine rings is 2. The van der Waals surface area contributed by atoms with Crippen molar-refractivity contribution in [3.8, 4) is 28.6 Å². The maximum Gasteiger partial charge on any atom is 0.163 e. The van der Waals surface area contributed by atoms with Gasteiger partial charge in [0.05, 0.1) is 29.4 Å². The summed E-state index contributed by atoms with van der Waals surface area (Å²) in [5.74, 6) is 1.33. The van der Waals surface area contributed by atoms with Crippen LogP contribution in [-0.4, -0.2) is 19.9 Å². The van der Waals surface area contributed by atoms with E-state index in [0.29, 0.717) is 17.9 Å². The molecule has 2 aromatic carbocycles. The summed E-state index contributed by atoms with van der Waals surface area (Å²) in [4.78, 5) is 18.2. The van der Waals surface area contributed by atoms with Crippen molar-refractivity contribution in [2.75, 3.05) is 5.32 Å². The number of aromatic nitrogens is 4. The molecule has 3 aromatic heterocycles. The second kappa shape index (κ2) is 8.62. The lowest BCUT2D eigenvalue weighted by molar-refractivity contribution is 1.03. The first-order valence-electron chi connectivity index (χ1n) is 10.2. The SMILES string of the molecule is N#Cc1cccc(-c2ccc3nc(-c4cccnc4)nc(NCc4ccccn4)c3c2)c1. The quantitative estimate of drug-likeness (QED) is 0.423. The Labute approximate surface area is 185 Å². The zero-order valence-electron chi connectivity index (χ0n) is 17.1. The van der Waals surface area contributed by atoms with E-state index >= 15 is 0 Å². The monoisotopic (exact) mass is 414 g/mol. The molecule has 152 valence electrons. The summed E-state index contributed by atoms with van der Waals surface area (Å²) in [5, 5.41) is 13.6. The average Bonchev–Trinajstić information content (AvgIpc) is 2.88. The van der Waals surface area contributed by atoms with Gasteiger partial charge >= 0.3 is 0 Å². The highest BCUT2D eigenvalue weighted by atomic mass is 15.0. The number of fused-ring (bicyclic) bond motifs is 1. The van der Waals surface area contributed by atoms with Crippen molar-refractivity contribution in [2.45, 2.75) is 6.54 Å². The molecule has 0 fully saturated rings. The van der Waals surface area contributed by atoms with Crippen LogP contribution in [0.15, 0.2) is 91.4 Å². The van der Waals surface area contributed by atoms with Crippen LogP contribution in [0.25, 0.3) is 33.4 Å². The molecule has 0 amide bonds. The van der Waals surface area contributed by atoms with E-state index in [2.05, 4.69) is 27.4 Å². The molecular formula is C26H18N6. The van der Waals surface area contributed by atoms with Gasteiger partial charge in [-0.05, 0) is 59.7 Å². The zero-order valence-corrected chi connectivity index (χ0v) is 17.1. The van der Waals surface area contributed by atoms with Crippen LogP contribution in [0, 0.1) is 11.3 Å². The lowest BCUT2D eigenvalue weighted by Crippen LogP contribution is -2.05. The van der Waals surface area contributed by atoms with Crippen LogP contribution in [0.5, 0.6) is 0 Å². The molecule has 3 heterocycles. The molecule has 6 heteroatoms. The van der Waals surface area contributed by atoms with Gasteiger partial charge in [-0.15, -0.1) is 0 Å². The molecule has 0 aliphatic rings. The largest absolute Gasteiger partial charge is 0.364 e. The van der Waals surface area contributed by atoms with E-state index in [1.165, 1.54) is 0 Å². The van der Waals surface area contributed by atoms with Gasteiger partial charge in [0, 0.05) is 29.5 Å². The molecule has 0 spiro atoms. The molecule has 0 radical (unpaired) electrons. The predicted molar refractivity (Wildman–Crippen MR) is 124 cm³/mol. The second-order valence-corrected chi connectivity index (χ2v) is 7.24. The molecule has 0 unspecified atom stereocenters. The van der Waals surface area contributed by atoms with Crippen molar-refractivity contribution in [2.24, 2.45) is 0 Å². The van der Waals surface area contributed by atoms with Gasteiger partial charge in [-0.1, -0.05) is 24.3 Å². The lowest BCUT2D eigenvalue weighted by atomic mass is 10.0. The van der Waals surface area contributed by atoms with Crippen LogP contribution in [-0.2, 0) is 6.54 Å². The van der Waals surface area contributed by atoms with Gasteiger partial charge in [0.1, 0.15) is 5.82 Å². The molecule has 5 rings (SSSR count). The minimum absolute atomic E-state index is 0.535. The van der Waals surface area contributed by atoms with Gasteiger partial charge in [0.15, 0.2) is 5.82 Å². The van der Waals surface area contributed by atoms with Gasteiger partial charge in [-0.3, -0.25) is 9.97 Å². The van der Waals surface area contributed by atoms with E-state index in [0.717, 1.165) is 39.1 Å². The highest BCUT2D eigenvalue weighted by molar-refractivity contribution is 5.94. The van der Waals surface area contributed by atoms with E-state index in [1.54, 1.807) is 24.7 Å². The summed E-state index contributed by atoms with van der Waals surface area (Å²) in [6.45, 7) is 0.535. The van der Waals surface area contributed by atoms with Crippen molar-refractivity contribution in [1.29, 1.82) is 5.26 Å². The normalized spacial score (nSPS) is 10.6. The third kappa shape index (κ3) is 4.00. The highest BCUT2D eigenvalue weighted by Gasteiger charge is 2.12. The van der Waals surface area contributed by atoms with Crippen LogP contribution in [0.1, 0.15) is 11.3 Å². The number of anilines is 1. The van der Waals surface area contributed by atoms with Crippen molar-refractivity contribution in [3.05, 3.63) is 103 Å². The Kier molecular flexibility index (Phi) is 5.21. The molecule has 32 heavy (non-hydrogen) atoms. The Morgan fingerprint density at radius 2 is 1.72 bits per heavy atom. The number of nitrogens with zero attached hydrogens (tertiary/aromatic N) is 5. The number of rotatable bonds is 5. The second-order valence-electron chi connectivity index (χ2n) is 7.24. The molecule has 0 aliphatic heterocycles. The number of hydrogen-bond acceptors (Lipinski definition) is 6. The summed E-state index contributed by atoms with van der Waals surface area (Å²) in [5.41, 5.74) is 5.18.